The molecule has 1 heterocycles. The summed E-state index contributed by atoms with van der Waals surface area (Å²) in [4.78, 5) is 16.8. The number of carbonyl (C=O) groups is 1. The number of pyridine rings is 1. The predicted octanol–water partition coefficient (Wildman–Crippen LogP) is 4.59. The van der Waals surface area contributed by atoms with Gasteiger partial charge in [0.1, 0.15) is 23.8 Å². The van der Waals surface area contributed by atoms with Gasteiger partial charge in [-0.15, -0.1) is 0 Å². The van der Waals surface area contributed by atoms with Crippen molar-refractivity contribution >= 4 is 23.0 Å². The third-order valence-corrected chi connectivity index (χ3v) is 4.65. The monoisotopic (exact) mass is 411 g/mol. The number of amides is 1. The molecule has 1 amide bonds. The van der Waals surface area contributed by atoms with Gasteiger partial charge in [0.25, 0.3) is 5.91 Å². The summed E-state index contributed by atoms with van der Waals surface area (Å²) < 4.78 is 11.2. The highest BCUT2D eigenvalue weighted by molar-refractivity contribution is 5.95. The molecule has 154 valence electrons. The number of carbonyl (C=O) groups excluding carboxylic acids is 1. The van der Waals surface area contributed by atoms with E-state index >= 15 is 0 Å². The number of ether oxygens (including phenoxy) is 2. The molecule has 6 heteroatoms. The van der Waals surface area contributed by atoms with E-state index in [2.05, 4.69) is 15.5 Å². The van der Waals surface area contributed by atoms with Crippen LogP contribution in [0.5, 0.6) is 11.5 Å². The maximum absolute atomic E-state index is 12.4. The van der Waals surface area contributed by atoms with Gasteiger partial charge in [0, 0.05) is 10.9 Å². The molecule has 0 saturated heterocycles. The number of hydrogen-bond donors (Lipinski definition) is 1. The lowest BCUT2D eigenvalue weighted by Crippen LogP contribution is -2.19. The van der Waals surface area contributed by atoms with E-state index in [1.165, 1.54) is 0 Å². The minimum atomic E-state index is -0.378. The third kappa shape index (κ3) is 5.05. The highest BCUT2D eigenvalue weighted by Gasteiger charge is 2.07. The minimum Gasteiger partial charge on any atom is -0.497 e. The number of aromatic nitrogens is 1. The molecule has 0 fully saturated rings. The van der Waals surface area contributed by atoms with Gasteiger partial charge in [0.15, 0.2) is 0 Å². The van der Waals surface area contributed by atoms with Crippen LogP contribution in [0.4, 0.5) is 0 Å². The standard InChI is InChI=1S/C25H21N3O3/c1-30-21-10-6-7-18(15-21)17-31-24-12-5-3-9-20(24)16-26-28-25(29)23-14-13-19-8-2-4-11-22(19)27-23/h2-16H,17H2,1H3,(H,28,29)/b26-16+. The first-order chi connectivity index (χ1) is 15.2. The van der Waals surface area contributed by atoms with Crippen LogP contribution in [0.3, 0.4) is 0 Å². The van der Waals surface area contributed by atoms with Crippen LogP contribution in [-0.2, 0) is 6.61 Å². The first-order valence-corrected chi connectivity index (χ1v) is 9.77. The largest absolute Gasteiger partial charge is 0.497 e. The summed E-state index contributed by atoms with van der Waals surface area (Å²) in [6, 6.07) is 26.4. The highest BCUT2D eigenvalue weighted by Crippen LogP contribution is 2.19. The van der Waals surface area contributed by atoms with Crippen molar-refractivity contribution in [2.24, 2.45) is 5.10 Å². The van der Waals surface area contributed by atoms with Crippen LogP contribution < -0.4 is 14.9 Å². The van der Waals surface area contributed by atoms with Gasteiger partial charge in [-0.25, -0.2) is 10.4 Å². The number of para-hydroxylation sites is 2. The molecule has 0 unspecified atom stereocenters. The smallest absolute Gasteiger partial charge is 0.289 e. The molecule has 0 spiro atoms. The molecule has 4 aromatic rings. The molecular formula is C25H21N3O3. The summed E-state index contributed by atoms with van der Waals surface area (Å²) in [6.45, 7) is 0.384. The van der Waals surface area contributed by atoms with Gasteiger partial charge < -0.3 is 9.47 Å². The van der Waals surface area contributed by atoms with Crippen LogP contribution in [0.1, 0.15) is 21.6 Å². The van der Waals surface area contributed by atoms with Crippen molar-refractivity contribution in [3.8, 4) is 11.5 Å². The van der Waals surface area contributed by atoms with E-state index in [1.54, 1.807) is 19.4 Å². The number of nitrogens with zero attached hydrogens (tertiary/aromatic N) is 2. The summed E-state index contributed by atoms with van der Waals surface area (Å²) in [5.74, 6) is 1.06. The number of methoxy groups -OCH3 is 1. The molecule has 6 nitrogen and oxygen atoms in total. The average Bonchev–Trinajstić information content (AvgIpc) is 2.83. The van der Waals surface area contributed by atoms with Crippen molar-refractivity contribution in [3.63, 3.8) is 0 Å². The normalized spacial score (nSPS) is 10.9. The van der Waals surface area contributed by atoms with Crippen molar-refractivity contribution < 1.29 is 14.3 Å². The van der Waals surface area contributed by atoms with E-state index in [9.17, 15) is 4.79 Å². The van der Waals surface area contributed by atoms with Gasteiger partial charge in [0.05, 0.1) is 18.8 Å². The Morgan fingerprint density at radius 3 is 2.74 bits per heavy atom. The zero-order valence-corrected chi connectivity index (χ0v) is 17.0. The second-order valence-corrected chi connectivity index (χ2v) is 6.77. The van der Waals surface area contributed by atoms with E-state index in [4.69, 9.17) is 9.47 Å². The predicted molar refractivity (Wildman–Crippen MR) is 121 cm³/mol. The molecule has 0 aliphatic heterocycles. The Hall–Kier alpha value is -4.19. The third-order valence-electron chi connectivity index (χ3n) is 4.65. The number of benzene rings is 3. The molecule has 31 heavy (non-hydrogen) atoms. The molecule has 0 radical (unpaired) electrons. The minimum absolute atomic E-state index is 0.304. The lowest BCUT2D eigenvalue weighted by Gasteiger charge is -2.10. The summed E-state index contributed by atoms with van der Waals surface area (Å²) >= 11 is 0. The van der Waals surface area contributed by atoms with Gasteiger partial charge in [0.2, 0.25) is 0 Å². The molecule has 1 aromatic heterocycles. The zero-order valence-electron chi connectivity index (χ0n) is 17.0. The van der Waals surface area contributed by atoms with Crippen LogP contribution in [0.2, 0.25) is 0 Å². The second kappa shape index (κ2) is 9.54. The van der Waals surface area contributed by atoms with Crippen molar-refractivity contribution in [3.05, 3.63) is 102 Å². The Balaban J connectivity index is 1.42. The molecule has 0 aliphatic rings. The molecule has 0 aliphatic carbocycles. The Labute approximate surface area is 180 Å². The van der Waals surface area contributed by atoms with Gasteiger partial charge >= 0.3 is 0 Å². The molecule has 0 saturated carbocycles. The van der Waals surface area contributed by atoms with E-state index in [-0.39, 0.29) is 5.91 Å². The van der Waals surface area contributed by atoms with Crippen LogP contribution in [0.25, 0.3) is 10.9 Å². The van der Waals surface area contributed by atoms with Crippen molar-refractivity contribution in [1.29, 1.82) is 0 Å². The summed E-state index contributed by atoms with van der Waals surface area (Å²) in [5, 5.41) is 5.05. The van der Waals surface area contributed by atoms with Crippen molar-refractivity contribution in [1.82, 2.24) is 10.4 Å². The summed E-state index contributed by atoms with van der Waals surface area (Å²) in [6.07, 6.45) is 1.56. The van der Waals surface area contributed by atoms with Crippen LogP contribution >= 0.6 is 0 Å². The van der Waals surface area contributed by atoms with E-state index < -0.39 is 0 Å². The second-order valence-electron chi connectivity index (χ2n) is 6.77. The molecule has 0 bridgehead atoms. The van der Waals surface area contributed by atoms with Crippen molar-refractivity contribution in [2.75, 3.05) is 7.11 Å². The Morgan fingerprint density at radius 1 is 1.00 bits per heavy atom. The highest BCUT2D eigenvalue weighted by atomic mass is 16.5. The number of nitrogens with one attached hydrogen (secondary N) is 1. The van der Waals surface area contributed by atoms with E-state index in [1.807, 2.05) is 78.9 Å². The number of hydrazone groups is 1. The van der Waals surface area contributed by atoms with Gasteiger partial charge in [-0.1, -0.05) is 48.5 Å². The Kier molecular flexibility index (Phi) is 6.18. The first kappa shape index (κ1) is 20.1. The van der Waals surface area contributed by atoms with Gasteiger partial charge in [-0.2, -0.15) is 5.10 Å². The Morgan fingerprint density at radius 2 is 1.84 bits per heavy atom. The maximum atomic E-state index is 12.4. The zero-order chi connectivity index (χ0) is 21.5. The van der Waals surface area contributed by atoms with E-state index in [0.29, 0.717) is 18.1 Å². The molecule has 0 atom stereocenters. The molecule has 1 N–H and O–H groups in total. The number of rotatable bonds is 7. The average molecular weight is 411 g/mol. The fourth-order valence-corrected chi connectivity index (χ4v) is 3.05. The SMILES string of the molecule is COc1cccc(COc2ccccc2/C=N/NC(=O)c2ccc3ccccc3n2)c1. The van der Waals surface area contributed by atoms with Crippen LogP contribution in [0.15, 0.2) is 90.0 Å². The molecular weight excluding hydrogens is 390 g/mol. The van der Waals surface area contributed by atoms with Gasteiger partial charge in [-0.3, -0.25) is 4.79 Å². The topological polar surface area (TPSA) is 72.8 Å². The lowest BCUT2D eigenvalue weighted by atomic mass is 10.2. The molecule has 4 rings (SSSR count). The van der Waals surface area contributed by atoms with Crippen molar-refractivity contribution in [2.45, 2.75) is 6.61 Å². The molecule has 3 aromatic carbocycles. The Bertz CT molecular complexity index is 1240. The van der Waals surface area contributed by atoms with Crippen LogP contribution in [-0.4, -0.2) is 24.2 Å². The number of hydrogen-bond acceptors (Lipinski definition) is 5. The fraction of sp³-hybridized carbons (Fsp3) is 0.0800. The summed E-state index contributed by atoms with van der Waals surface area (Å²) in [5.41, 5.74) is 5.32. The van der Waals surface area contributed by atoms with Gasteiger partial charge in [-0.05, 0) is 42.0 Å². The number of fused-ring (bicyclic) bond motifs is 1. The fourth-order valence-electron chi connectivity index (χ4n) is 3.05. The van der Waals surface area contributed by atoms with Crippen LogP contribution in [0, 0.1) is 0 Å². The summed E-state index contributed by atoms with van der Waals surface area (Å²) in [7, 11) is 1.63. The first-order valence-electron chi connectivity index (χ1n) is 9.77. The lowest BCUT2D eigenvalue weighted by molar-refractivity contribution is 0.0950. The quantitative estimate of drug-likeness (QED) is 0.357. The van der Waals surface area contributed by atoms with E-state index in [0.717, 1.165) is 27.8 Å². The maximum Gasteiger partial charge on any atom is 0.289 e.